The molecule has 0 aromatic heterocycles. The highest BCUT2D eigenvalue weighted by Gasteiger charge is 2.28. The van der Waals surface area contributed by atoms with Crippen LogP contribution >= 0.6 is 0 Å². The van der Waals surface area contributed by atoms with E-state index in [1.807, 2.05) is 19.1 Å². The highest BCUT2D eigenvalue weighted by Crippen LogP contribution is 2.33. The number of amides is 1. The number of carbonyl (C=O) groups excluding carboxylic acids is 1. The van der Waals surface area contributed by atoms with Gasteiger partial charge in [0.2, 0.25) is 10.0 Å². The molecule has 3 rings (SSSR count). The largest absolute Gasteiger partial charge is 0.444 e. The van der Waals surface area contributed by atoms with Gasteiger partial charge in [-0.2, -0.15) is 0 Å². The van der Waals surface area contributed by atoms with Crippen molar-refractivity contribution >= 4 is 27.5 Å². The second-order valence-corrected chi connectivity index (χ2v) is 7.83. The van der Waals surface area contributed by atoms with Crippen molar-refractivity contribution < 1.29 is 22.3 Å². The molecule has 0 fully saturated rings. The van der Waals surface area contributed by atoms with E-state index in [1.165, 1.54) is 11.0 Å². The number of halogens is 1. The number of rotatable bonds is 5. The third kappa shape index (κ3) is 3.80. The summed E-state index contributed by atoms with van der Waals surface area (Å²) in [6, 6.07) is 9.70. The Morgan fingerprint density at radius 2 is 1.92 bits per heavy atom. The predicted molar refractivity (Wildman–Crippen MR) is 97.0 cm³/mol. The van der Waals surface area contributed by atoms with Gasteiger partial charge in [0.25, 0.3) is 0 Å². The molecular formula is C18H19FN2O4S. The molecule has 0 bridgehead atoms. The van der Waals surface area contributed by atoms with E-state index >= 15 is 0 Å². The van der Waals surface area contributed by atoms with Gasteiger partial charge in [-0.1, -0.05) is 29.8 Å². The van der Waals surface area contributed by atoms with E-state index in [0.29, 0.717) is 11.1 Å². The Morgan fingerprint density at radius 1 is 1.23 bits per heavy atom. The molecule has 138 valence electrons. The van der Waals surface area contributed by atoms with Crippen molar-refractivity contribution in [3.05, 3.63) is 58.9 Å². The zero-order chi connectivity index (χ0) is 18.9. The lowest BCUT2D eigenvalue weighted by molar-refractivity contribution is 0.141. The SMILES string of the molecule is CCN1C(=O)OCc2cc(NS(=O)(=O)Cc3ccc(C)cc3)cc(F)c21. The molecule has 2 aromatic carbocycles. The van der Waals surface area contributed by atoms with Crippen LogP contribution in [0.3, 0.4) is 0 Å². The summed E-state index contributed by atoms with van der Waals surface area (Å²) in [6.45, 7) is 3.77. The second-order valence-electron chi connectivity index (χ2n) is 6.11. The van der Waals surface area contributed by atoms with Gasteiger partial charge in [-0.3, -0.25) is 9.62 Å². The van der Waals surface area contributed by atoms with E-state index < -0.39 is 21.9 Å². The van der Waals surface area contributed by atoms with Crippen molar-refractivity contribution in [2.24, 2.45) is 0 Å². The lowest BCUT2D eigenvalue weighted by Gasteiger charge is -2.28. The Labute approximate surface area is 151 Å². The van der Waals surface area contributed by atoms with Crippen molar-refractivity contribution in [1.82, 2.24) is 0 Å². The minimum Gasteiger partial charge on any atom is -0.444 e. The van der Waals surface area contributed by atoms with E-state index in [-0.39, 0.29) is 30.3 Å². The molecule has 0 saturated heterocycles. The molecule has 2 aromatic rings. The standard InChI is InChI=1S/C18H19FN2O4S/c1-3-21-17-14(10-25-18(21)22)8-15(9-16(17)19)20-26(23,24)11-13-6-4-12(2)5-7-13/h4-9,20H,3,10-11H2,1-2H3. The van der Waals surface area contributed by atoms with Crippen LogP contribution in [0.25, 0.3) is 0 Å². The van der Waals surface area contributed by atoms with Crippen LogP contribution in [0.2, 0.25) is 0 Å². The monoisotopic (exact) mass is 378 g/mol. The number of anilines is 2. The van der Waals surface area contributed by atoms with Crippen LogP contribution in [0.1, 0.15) is 23.6 Å². The Morgan fingerprint density at radius 3 is 2.58 bits per heavy atom. The first-order valence-corrected chi connectivity index (χ1v) is 9.77. The van der Waals surface area contributed by atoms with Crippen molar-refractivity contribution in [2.75, 3.05) is 16.2 Å². The van der Waals surface area contributed by atoms with E-state index in [2.05, 4.69) is 4.72 Å². The van der Waals surface area contributed by atoms with Crippen LogP contribution in [0.4, 0.5) is 20.6 Å². The van der Waals surface area contributed by atoms with Crippen LogP contribution in [0.5, 0.6) is 0 Å². The summed E-state index contributed by atoms with van der Waals surface area (Å²) >= 11 is 0. The number of nitrogens with zero attached hydrogens (tertiary/aromatic N) is 1. The molecule has 26 heavy (non-hydrogen) atoms. The fourth-order valence-electron chi connectivity index (χ4n) is 2.84. The maximum atomic E-state index is 14.5. The van der Waals surface area contributed by atoms with Gasteiger partial charge < -0.3 is 4.74 Å². The molecule has 0 aliphatic carbocycles. The van der Waals surface area contributed by atoms with Crippen molar-refractivity contribution in [3.63, 3.8) is 0 Å². The molecule has 0 saturated carbocycles. The molecule has 0 unspecified atom stereocenters. The summed E-state index contributed by atoms with van der Waals surface area (Å²) in [5.41, 5.74) is 2.31. The fraction of sp³-hybridized carbons (Fsp3) is 0.278. The van der Waals surface area contributed by atoms with Crippen molar-refractivity contribution in [1.29, 1.82) is 0 Å². The third-order valence-electron chi connectivity index (χ3n) is 4.05. The summed E-state index contributed by atoms with van der Waals surface area (Å²) < 4.78 is 46.6. The van der Waals surface area contributed by atoms with Gasteiger partial charge in [0.05, 0.1) is 17.1 Å². The number of ether oxygens (including phenoxy) is 1. The summed E-state index contributed by atoms with van der Waals surface area (Å²) in [6.07, 6.45) is -0.619. The number of nitrogens with one attached hydrogen (secondary N) is 1. The summed E-state index contributed by atoms with van der Waals surface area (Å²) in [7, 11) is -3.71. The average Bonchev–Trinajstić information content (AvgIpc) is 2.57. The maximum Gasteiger partial charge on any atom is 0.414 e. The Balaban J connectivity index is 1.85. The molecule has 1 amide bonds. The molecular weight excluding hydrogens is 359 g/mol. The minimum atomic E-state index is -3.71. The number of sulfonamides is 1. The zero-order valence-corrected chi connectivity index (χ0v) is 15.3. The Bertz CT molecular complexity index is 942. The van der Waals surface area contributed by atoms with Crippen LogP contribution in [0, 0.1) is 12.7 Å². The Kier molecular flexibility index (Phi) is 4.86. The molecule has 1 aliphatic heterocycles. The van der Waals surface area contributed by atoms with E-state index in [1.54, 1.807) is 19.1 Å². The number of hydrogen-bond donors (Lipinski definition) is 1. The van der Waals surface area contributed by atoms with E-state index in [0.717, 1.165) is 11.6 Å². The normalized spacial score (nSPS) is 14.0. The smallest absolute Gasteiger partial charge is 0.414 e. The second kappa shape index (κ2) is 6.95. The van der Waals surface area contributed by atoms with Crippen LogP contribution in [0.15, 0.2) is 36.4 Å². The summed E-state index contributed by atoms with van der Waals surface area (Å²) in [5, 5.41) is 0. The van der Waals surface area contributed by atoms with Crippen molar-refractivity contribution in [3.8, 4) is 0 Å². The molecule has 6 nitrogen and oxygen atoms in total. The topological polar surface area (TPSA) is 75.7 Å². The highest BCUT2D eigenvalue weighted by atomic mass is 32.2. The van der Waals surface area contributed by atoms with Gasteiger partial charge in [-0.05, 0) is 25.5 Å². The van der Waals surface area contributed by atoms with Gasteiger partial charge >= 0.3 is 6.09 Å². The quantitative estimate of drug-likeness (QED) is 0.863. The number of fused-ring (bicyclic) bond motifs is 1. The van der Waals surface area contributed by atoms with Crippen LogP contribution in [-0.4, -0.2) is 21.1 Å². The maximum absolute atomic E-state index is 14.5. The van der Waals surface area contributed by atoms with Crippen LogP contribution in [-0.2, 0) is 27.1 Å². The number of cyclic esters (lactones) is 1. The molecule has 1 heterocycles. The zero-order valence-electron chi connectivity index (χ0n) is 14.5. The number of aryl methyl sites for hydroxylation is 1. The lowest BCUT2D eigenvalue weighted by Crippen LogP contribution is -2.36. The summed E-state index contributed by atoms with van der Waals surface area (Å²) in [5.74, 6) is -0.892. The number of benzene rings is 2. The Hall–Kier alpha value is -2.61. The van der Waals surface area contributed by atoms with E-state index in [9.17, 15) is 17.6 Å². The van der Waals surface area contributed by atoms with Gasteiger partial charge in [-0.25, -0.2) is 17.6 Å². The molecule has 1 N–H and O–H groups in total. The number of hydrogen-bond acceptors (Lipinski definition) is 4. The molecule has 8 heteroatoms. The van der Waals surface area contributed by atoms with Crippen molar-refractivity contribution in [2.45, 2.75) is 26.2 Å². The highest BCUT2D eigenvalue weighted by molar-refractivity contribution is 7.91. The first kappa shape index (κ1) is 18.2. The van der Waals surface area contributed by atoms with Crippen LogP contribution < -0.4 is 9.62 Å². The fourth-order valence-corrected chi connectivity index (χ4v) is 4.02. The molecule has 0 radical (unpaired) electrons. The molecule has 1 aliphatic rings. The molecule has 0 spiro atoms. The average molecular weight is 378 g/mol. The first-order valence-electron chi connectivity index (χ1n) is 8.12. The third-order valence-corrected chi connectivity index (χ3v) is 5.31. The minimum absolute atomic E-state index is 0.0994. The van der Waals surface area contributed by atoms with Gasteiger partial charge in [0.1, 0.15) is 12.4 Å². The number of carbonyl (C=O) groups is 1. The predicted octanol–water partition coefficient (Wildman–Crippen LogP) is 3.55. The lowest BCUT2D eigenvalue weighted by atomic mass is 10.1. The summed E-state index contributed by atoms with van der Waals surface area (Å²) in [4.78, 5) is 12.9. The van der Waals surface area contributed by atoms with Gasteiger partial charge in [-0.15, -0.1) is 0 Å². The van der Waals surface area contributed by atoms with E-state index in [4.69, 9.17) is 4.74 Å². The first-order chi connectivity index (χ1) is 12.3. The van der Waals surface area contributed by atoms with Gasteiger partial charge in [0, 0.05) is 18.2 Å². The molecule has 0 atom stereocenters. The van der Waals surface area contributed by atoms with Gasteiger partial charge in [0.15, 0.2) is 0 Å².